The minimum Gasteiger partial charge on any atom is -0.492 e. The van der Waals surface area contributed by atoms with E-state index in [-0.39, 0.29) is 30.1 Å². The van der Waals surface area contributed by atoms with E-state index in [0.717, 1.165) is 0 Å². The second kappa shape index (κ2) is 6.82. The molecule has 0 radical (unpaired) electrons. The van der Waals surface area contributed by atoms with Gasteiger partial charge in [0.1, 0.15) is 17.3 Å². The van der Waals surface area contributed by atoms with Crippen molar-refractivity contribution < 1.29 is 40.0 Å². The van der Waals surface area contributed by atoms with Gasteiger partial charge in [0.25, 0.3) is 0 Å². The van der Waals surface area contributed by atoms with E-state index in [9.17, 15) is 26.4 Å². The van der Waals surface area contributed by atoms with Crippen LogP contribution in [0.15, 0.2) is 24.3 Å². The zero-order valence-corrected chi connectivity index (χ0v) is 15.0. The van der Waals surface area contributed by atoms with Crippen LogP contribution < -0.4 is 9.47 Å². The van der Waals surface area contributed by atoms with Crippen LogP contribution in [0.2, 0.25) is 0 Å². The van der Waals surface area contributed by atoms with E-state index >= 15 is 0 Å². The van der Waals surface area contributed by atoms with E-state index in [1.807, 2.05) is 0 Å². The number of hydrogen-bond acceptors (Lipinski definition) is 6. The van der Waals surface area contributed by atoms with E-state index < -0.39 is 32.8 Å². The zero-order chi connectivity index (χ0) is 19.8. The summed E-state index contributed by atoms with van der Waals surface area (Å²) >= 11 is 0. The second-order valence-corrected chi connectivity index (χ2v) is 8.02. The van der Waals surface area contributed by atoms with Crippen LogP contribution in [0, 0.1) is 5.41 Å². The Morgan fingerprint density at radius 2 is 1.85 bits per heavy atom. The summed E-state index contributed by atoms with van der Waals surface area (Å²) in [5.74, 6) is -0.852. The van der Waals surface area contributed by atoms with Crippen LogP contribution in [0.25, 0.3) is 5.76 Å². The number of alkyl halides is 3. The van der Waals surface area contributed by atoms with E-state index in [4.69, 9.17) is 9.47 Å². The largest absolute Gasteiger partial charge is 0.534 e. The van der Waals surface area contributed by atoms with Gasteiger partial charge in [0.05, 0.1) is 17.6 Å². The summed E-state index contributed by atoms with van der Waals surface area (Å²) in [5.41, 5.74) is -6.31. The molecule has 0 atom stereocenters. The van der Waals surface area contributed by atoms with Crippen LogP contribution in [0.1, 0.15) is 32.8 Å². The Bertz CT molecular complexity index is 835. The number of hydrogen-bond donors (Lipinski definition) is 0. The molecule has 1 aliphatic rings. The molecule has 2 rings (SSSR count). The highest BCUT2D eigenvalue weighted by Crippen LogP contribution is 2.37. The van der Waals surface area contributed by atoms with Gasteiger partial charge in [0, 0.05) is 12.5 Å². The monoisotopic (exact) mass is 394 g/mol. The maximum Gasteiger partial charge on any atom is 0.534 e. The maximum atomic E-state index is 12.6. The summed E-state index contributed by atoms with van der Waals surface area (Å²) in [4.78, 5) is 11.9. The molecule has 1 aliphatic heterocycles. The molecule has 1 aromatic carbocycles. The normalized spacial score (nSPS) is 15.2. The van der Waals surface area contributed by atoms with Crippen LogP contribution in [0.3, 0.4) is 0 Å². The third-order valence-corrected chi connectivity index (χ3v) is 4.20. The fourth-order valence-electron chi connectivity index (χ4n) is 1.86. The van der Waals surface area contributed by atoms with E-state index in [2.05, 4.69) is 4.18 Å². The number of halogens is 3. The van der Waals surface area contributed by atoms with Gasteiger partial charge in [0.15, 0.2) is 0 Å². The topological polar surface area (TPSA) is 78.9 Å². The molecule has 0 saturated carbocycles. The molecule has 0 saturated heterocycles. The standard InChI is InChI=1S/C16H17F3O6S/c1-15(2,3)14(20)24-10-6-7-11-12(5-4-8-23-13(11)9-10)25-26(21,22)16(17,18)19/h5-7,9H,4,8H2,1-3H3. The number of carbonyl (C=O) groups excluding carboxylic acids is 1. The molecule has 0 fully saturated rings. The van der Waals surface area contributed by atoms with Crippen LogP contribution in [0.5, 0.6) is 11.5 Å². The number of rotatable bonds is 3. The molecule has 26 heavy (non-hydrogen) atoms. The first-order valence-electron chi connectivity index (χ1n) is 7.52. The van der Waals surface area contributed by atoms with Crippen molar-refractivity contribution in [3.05, 3.63) is 29.8 Å². The van der Waals surface area contributed by atoms with Crippen LogP contribution in [0.4, 0.5) is 13.2 Å². The lowest BCUT2D eigenvalue weighted by Crippen LogP contribution is -2.25. The predicted molar refractivity (Wildman–Crippen MR) is 85.7 cm³/mol. The average molecular weight is 394 g/mol. The first-order chi connectivity index (χ1) is 11.8. The van der Waals surface area contributed by atoms with Crippen molar-refractivity contribution >= 4 is 21.8 Å². The minimum atomic E-state index is -5.81. The van der Waals surface area contributed by atoms with Gasteiger partial charge in [0.2, 0.25) is 0 Å². The lowest BCUT2D eigenvalue weighted by atomic mass is 9.97. The third kappa shape index (κ3) is 4.48. The molecule has 0 aromatic heterocycles. The molecule has 0 unspecified atom stereocenters. The predicted octanol–water partition coefficient (Wildman–Crippen LogP) is 3.63. The van der Waals surface area contributed by atoms with Crippen LogP contribution in [-0.2, 0) is 19.1 Å². The van der Waals surface area contributed by atoms with Crippen LogP contribution >= 0.6 is 0 Å². The Morgan fingerprint density at radius 1 is 1.19 bits per heavy atom. The second-order valence-electron chi connectivity index (χ2n) is 6.49. The molecule has 0 spiro atoms. The van der Waals surface area contributed by atoms with Crippen LogP contribution in [-0.4, -0.2) is 26.5 Å². The van der Waals surface area contributed by atoms with Crippen molar-refractivity contribution in [2.24, 2.45) is 5.41 Å². The van der Waals surface area contributed by atoms with Gasteiger partial charge < -0.3 is 13.7 Å². The summed E-state index contributed by atoms with van der Waals surface area (Å²) in [7, 11) is -5.81. The molecule has 6 nitrogen and oxygen atoms in total. The summed E-state index contributed by atoms with van der Waals surface area (Å²) in [6.45, 7) is 5.06. The molecule has 0 aliphatic carbocycles. The van der Waals surface area contributed by atoms with Gasteiger partial charge in [-0.2, -0.15) is 21.6 Å². The Kier molecular flexibility index (Phi) is 5.27. The molecular weight excluding hydrogens is 377 g/mol. The first kappa shape index (κ1) is 20.1. The number of carbonyl (C=O) groups is 1. The van der Waals surface area contributed by atoms with Gasteiger partial charge in [-0.15, -0.1) is 0 Å². The summed E-state index contributed by atoms with van der Waals surface area (Å²) < 4.78 is 75.0. The Labute approximate surface area is 148 Å². The highest BCUT2D eigenvalue weighted by molar-refractivity contribution is 7.87. The molecule has 0 N–H and O–H groups in total. The molecule has 144 valence electrons. The van der Waals surface area contributed by atoms with Gasteiger partial charge in [-0.3, -0.25) is 4.79 Å². The molecule has 0 bridgehead atoms. The molecular formula is C16H17F3O6S. The highest BCUT2D eigenvalue weighted by Gasteiger charge is 2.49. The summed E-state index contributed by atoms with van der Waals surface area (Å²) in [5, 5.41) is 0. The fourth-order valence-corrected chi connectivity index (χ4v) is 2.35. The van der Waals surface area contributed by atoms with Crippen molar-refractivity contribution in [2.75, 3.05) is 6.61 Å². The smallest absolute Gasteiger partial charge is 0.492 e. The SMILES string of the molecule is CC(C)(C)C(=O)Oc1ccc2c(c1)OCCC=C2OS(=O)(=O)C(F)(F)F. The molecule has 1 heterocycles. The Hall–Kier alpha value is -2.23. The van der Waals surface area contributed by atoms with Gasteiger partial charge in [-0.05, 0) is 39.0 Å². The number of fused-ring (bicyclic) bond motifs is 1. The zero-order valence-electron chi connectivity index (χ0n) is 14.2. The summed E-state index contributed by atoms with van der Waals surface area (Å²) in [6.07, 6.45) is 1.32. The Morgan fingerprint density at radius 3 is 2.42 bits per heavy atom. The molecule has 0 amide bonds. The first-order valence-corrected chi connectivity index (χ1v) is 8.92. The van der Waals surface area contributed by atoms with Crippen molar-refractivity contribution in [3.8, 4) is 11.5 Å². The van der Waals surface area contributed by atoms with Gasteiger partial charge >= 0.3 is 21.6 Å². The number of ether oxygens (including phenoxy) is 2. The fraction of sp³-hybridized carbons (Fsp3) is 0.438. The van der Waals surface area contributed by atoms with Gasteiger partial charge in [-0.25, -0.2) is 0 Å². The highest BCUT2D eigenvalue weighted by atomic mass is 32.2. The van der Waals surface area contributed by atoms with E-state index in [1.54, 1.807) is 20.8 Å². The van der Waals surface area contributed by atoms with Gasteiger partial charge in [-0.1, -0.05) is 0 Å². The van der Waals surface area contributed by atoms with Crippen molar-refractivity contribution in [2.45, 2.75) is 32.7 Å². The van der Waals surface area contributed by atoms with Crippen molar-refractivity contribution in [1.82, 2.24) is 0 Å². The van der Waals surface area contributed by atoms with Crippen molar-refractivity contribution in [1.29, 1.82) is 0 Å². The molecule has 10 heteroatoms. The lowest BCUT2D eigenvalue weighted by molar-refractivity contribution is -0.143. The average Bonchev–Trinajstić information content (AvgIpc) is 2.67. The third-order valence-electron chi connectivity index (χ3n) is 3.23. The summed E-state index contributed by atoms with van der Waals surface area (Å²) in [6, 6.07) is 3.87. The van der Waals surface area contributed by atoms with Crippen molar-refractivity contribution in [3.63, 3.8) is 0 Å². The number of benzene rings is 1. The van der Waals surface area contributed by atoms with E-state index in [1.165, 1.54) is 24.3 Å². The Balaban J connectivity index is 2.34. The lowest BCUT2D eigenvalue weighted by Gasteiger charge is -2.18. The maximum absolute atomic E-state index is 12.6. The number of esters is 1. The minimum absolute atomic E-state index is 0.00545. The van der Waals surface area contributed by atoms with E-state index in [0.29, 0.717) is 0 Å². The molecule has 1 aromatic rings. The quantitative estimate of drug-likeness (QED) is 0.337.